The number of hydrogen-bond donors (Lipinski definition) is 2. The largest absolute Gasteiger partial charge is 0.392 e. The molecule has 1 aliphatic heterocycles. The second-order valence-electron chi connectivity index (χ2n) is 4.63. The summed E-state index contributed by atoms with van der Waals surface area (Å²) in [6.45, 7) is 1.91. The molecule has 2 unspecified atom stereocenters. The van der Waals surface area contributed by atoms with Crippen molar-refractivity contribution in [2.75, 3.05) is 19.6 Å². The molecule has 1 fully saturated rings. The number of halogens is 1. The Morgan fingerprint density at radius 2 is 2.29 bits per heavy atom. The lowest BCUT2D eigenvalue weighted by Crippen LogP contribution is -2.40. The van der Waals surface area contributed by atoms with Crippen molar-refractivity contribution < 1.29 is 14.6 Å². The Kier molecular flexibility index (Phi) is 4.10. The molecule has 1 heterocycles. The monoisotopic (exact) mass is 239 g/mol. The highest BCUT2D eigenvalue weighted by atomic mass is 19.1. The van der Waals surface area contributed by atoms with Crippen LogP contribution in [0.25, 0.3) is 0 Å². The van der Waals surface area contributed by atoms with E-state index in [-0.39, 0.29) is 11.9 Å². The topological polar surface area (TPSA) is 43.7 Å². The van der Waals surface area contributed by atoms with Crippen LogP contribution in [0.15, 0.2) is 24.3 Å². The minimum atomic E-state index is -0.698. The maximum atomic E-state index is 13.0. The fraction of sp³-hybridized carbons (Fsp3) is 0.538. The molecule has 2 N–H and O–H groups in total. The molecular weight excluding hydrogens is 221 g/mol. The molecule has 17 heavy (non-hydrogen) atoms. The van der Waals surface area contributed by atoms with E-state index in [0.717, 1.165) is 19.4 Å². The molecule has 0 aromatic heterocycles. The summed E-state index contributed by atoms with van der Waals surface area (Å²) < 4.78 is 13.0. The van der Waals surface area contributed by atoms with E-state index in [4.69, 9.17) is 0 Å². The molecule has 0 radical (unpaired) electrons. The van der Waals surface area contributed by atoms with Crippen molar-refractivity contribution in [2.45, 2.75) is 25.0 Å². The van der Waals surface area contributed by atoms with E-state index >= 15 is 0 Å². The van der Waals surface area contributed by atoms with Crippen LogP contribution < -0.4 is 0 Å². The third-order valence-corrected chi connectivity index (χ3v) is 3.15. The van der Waals surface area contributed by atoms with E-state index in [1.807, 2.05) is 4.90 Å². The lowest BCUT2D eigenvalue weighted by atomic mass is 10.1. The summed E-state index contributed by atoms with van der Waals surface area (Å²) in [5.41, 5.74) is 0.588. The van der Waals surface area contributed by atoms with Gasteiger partial charge < -0.3 is 10.2 Å². The molecule has 1 aromatic carbocycles. The van der Waals surface area contributed by atoms with Crippen LogP contribution >= 0.6 is 0 Å². The third kappa shape index (κ3) is 3.49. The molecule has 2 rings (SSSR count). The molecule has 3 nitrogen and oxygen atoms in total. The fourth-order valence-electron chi connectivity index (χ4n) is 2.26. The molecule has 1 aliphatic rings. The van der Waals surface area contributed by atoms with Crippen molar-refractivity contribution in [1.29, 1.82) is 0 Å². The van der Waals surface area contributed by atoms with Crippen molar-refractivity contribution in [3.8, 4) is 0 Å². The summed E-state index contributed by atoms with van der Waals surface area (Å²) in [6, 6.07) is 6.03. The first-order chi connectivity index (χ1) is 8.15. The van der Waals surface area contributed by atoms with Crippen LogP contribution in [-0.4, -0.2) is 40.9 Å². The highest BCUT2D eigenvalue weighted by Crippen LogP contribution is 2.18. The number of nitrogens with zero attached hydrogens (tertiary/aromatic N) is 1. The minimum Gasteiger partial charge on any atom is -0.392 e. The second-order valence-corrected chi connectivity index (χ2v) is 4.63. The number of hydrogen-bond acceptors (Lipinski definition) is 3. The predicted octanol–water partition coefficient (Wildman–Crippen LogP) is 1.32. The van der Waals surface area contributed by atoms with Crippen molar-refractivity contribution in [3.63, 3.8) is 0 Å². The first-order valence-electron chi connectivity index (χ1n) is 5.99. The van der Waals surface area contributed by atoms with Gasteiger partial charge in [-0.1, -0.05) is 12.1 Å². The maximum absolute atomic E-state index is 13.0. The average Bonchev–Trinajstić information content (AvgIpc) is 2.29. The molecular formula is C13H18FNO2. The Morgan fingerprint density at radius 1 is 1.47 bits per heavy atom. The van der Waals surface area contributed by atoms with Gasteiger partial charge >= 0.3 is 0 Å². The standard InChI is InChI=1S/C13H18FNO2/c14-11-4-1-3-10(7-11)13(17)9-15-6-2-5-12(16)8-15/h1,3-4,7,12-13,16-17H,2,5-6,8-9H2. The van der Waals surface area contributed by atoms with Gasteiger partial charge in [-0.3, -0.25) is 4.90 Å². The SMILES string of the molecule is OC1CCCN(CC(O)c2cccc(F)c2)C1. The van der Waals surface area contributed by atoms with E-state index in [1.54, 1.807) is 12.1 Å². The van der Waals surface area contributed by atoms with Gasteiger partial charge in [0.15, 0.2) is 0 Å². The van der Waals surface area contributed by atoms with E-state index in [0.29, 0.717) is 18.7 Å². The van der Waals surface area contributed by atoms with E-state index < -0.39 is 6.10 Å². The van der Waals surface area contributed by atoms with Crippen LogP contribution in [0.2, 0.25) is 0 Å². The Hall–Kier alpha value is -0.970. The predicted molar refractivity (Wildman–Crippen MR) is 63.0 cm³/mol. The summed E-state index contributed by atoms with van der Waals surface area (Å²) in [4.78, 5) is 2.02. The summed E-state index contributed by atoms with van der Waals surface area (Å²) in [5, 5.41) is 19.5. The van der Waals surface area contributed by atoms with Gasteiger partial charge in [0.25, 0.3) is 0 Å². The zero-order chi connectivity index (χ0) is 12.3. The van der Waals surface area contributed by atoms with E-state index in [1.165, 1.54) is 12.1 Å². The van der Waals surface area contributed by atoms with Crippen LogP contribution in [-0.2, 0) is 0 Å². The summed E-state index contributed by atoms with van der Waals surface area (Å²) in [7, 11) is 0. The average molecular weight is 239 g/mol. The number of rotatable bonds is 3. The third-order valence-electron chi connectivity index (χ3n) is 3.15. The number of aliphatic hydroxyl groups is 2. The zero-order valence-electron chi connectivity index (χ0n) is 9.72. The number of piperidine rings is 1. The number of β-amino-alcohol motifs (C(OH)–C–C–N with tert-alkyl or cyclic N) is 2. The molecule has 94 valence electrons. The number of benzene rings is 1. The van der Waals surface area contributed by atoms with Crippen LogP contribution in [0.3, 0.4) is 0 Å². The first-order valence-corrected chi connectivity index (χ1v) is 5.99. The Morgan fingerprint density at radius 3 is 3.00 bits per heavy atom. The van der Waals surface area contributed by atoms with E-state index in [2.05, 4.69) is 0 Å². The Bertz CT molecular complexity index is 372. The lowest BCUT2D eigenvalue weighted by molar-refractivity contribution is 0.0391. The van der Waals surface area contributed by atoms with Crippen molar-refractivity contribution in [1.82, 2.24) is 4.90 Å². The highest BCUT2D eigenvalue weighted by Gasteiger charge is 2.20. The molecule has 2 atom stereocenters. The van der Waals surface area contributed by atoms with E-state index in [9.17, 15) is 14.6 Å². The quantitative estimate of drug-likeness (QED) is 0.836. The molecule has 0 saturated carbocycles. The van der Waals surface area contributed by atoms with Gasteiger partial charge in [-0.05, 0) is 37.1 Å². The molecule has 1 saturated heterocycles. The Balaban J connectivity index is 1.94. The normalized spacial score (nSPS) is 23.6. The molecule has 4 heteroatoms. The number of likely N-dealkylation sites (tertiary alicyclic amines) is 1. The van der Waals surface area contributed by atoms with Crippen LogP contribution in [0.4, 0.5) is 4.39 Å². The van der Waals surface area contributed by atoms with Gasteiger partial charge in [-0.15, -0.1) is 0 Å². The van der Waals surface area contributed by atoms with Gasteiger partial charge in [0.2, 0.25) is 0 Å². The zero-order valence-corrected chi connectivity index (χ0v) is 9.72. The minimum absolute atomic E-state index is 0.302. The fourth-order valence-corrected chi connectivity index (χ4v) is 2.26. The molecule has 0 amide bonds. The molecule has 0 bridgehead atoms. The van der Waals surface area contributed by atoms with Gasteiger partial charge in [0.1, 0.15) is 5.82 Å². The van der Waals surface area contributed by atoms with Gasteiger partial charge in [0, 0.05) is 13.1 Å². The first kappa shape index (κ1) is 12.5. The Labute approximate surface area is 100 Å². The van der Waals surface area contributed by atoms with Gasteiger partial charge in [0.05, 0.1) is 12.2 Å². The van der Waals surface area contributed by atoms with Gasteiger partial charge in [-0.25, -0.2) is 4.39 Å². The molecule has 0 spiro atoms. The molecule has 0 aliphatic carbocycles. The van der Waals surface area contributed by atoms with Crippen molar-refractivity contribution in [3.05, 3.63) is 35.6 Å². The summed E-state index contributed by atoms with van der Waals surface area (Å²) >= 11 is 0. The van der Waals surface area contributed by atoms with Crippen molar-refractivity contribution >= 4 is 0 Å². The number of aliphatic hydroxyl groups excluding tert-OH is 2. The smallest absolute Gasteiger partial charge is 0.123 e. The van der Waals surface area contributed by atoms with Crippen molar-refractivity contribution in [2.24, 2.45) is 0 Å². The van der Waals surface area contributed by atoms with Crippen LogP contribution in [0.5, 0.6) is 0 Å². The summed E-state index contributed by atoms with van der Waals surface area (Å²) in [5.74, 6) is -0.333. The lowest BCUT2D eigenvalue weighted by Gasteiger charge is -2.31. The highest BCUT2D eigenvalue weighted by molar-refractivity contribution is 5.19. The van der Waals surface area contributed by atoms with Crippen LogP contribution in [0, 0.1) is 5.82 Å². The molecule has 1 aromatic rings. The summed E-state index contributed by atoms with van der Waals surface area (Å²) in [6.07, 6.45) is 0.767. The van der Waals surface area contributed by atoms with Gasteiger partial charge in [-0.2, -0.15) is 0 Å². The van der Waals surface area contributed by atoms with Crippen LogP contribution in [0.1, 0.15) is 24.5 Å². The second kappa shape index (κ2) is 5.58. The maximum Gasteiger partial charge on any atom is 0.123 e.